The standard InChI is InChI=1S/C22H21NO5/c24-19(14-5-2-1-3-6-14)12-23-21(25)13-27-15-9-10-17-16-7-4-8-18(16)22(26)28-20(17)11-15/h1-3,5-6,9-11,19,24H,4,7-8,12-13H2,(H,23,25)/t19-/m0/s1. The molecule has 1 heterocycles. The molecule has 0 spiro atoms. The van der Waals surface area contributed by atoms with Gasteiger partial charge in [0.2, 0.25) is 0 Å². The van der Waals surface area contributed by atoms with Crippen LogP contribution in [-0.2, 0) is 17.6 Å². The molecule has 1 aliphatic carbocycles. The third-order valence-electron chi connectivity index (χ3n) is 4.99. The van der Waals surface area contributed by atoms with Gasteiger partial charge in [0.25, 0.3) is 5.91 Å². The molecule has 2 N–H and O–H groups in total. The van der Waals surface area contributed by atoms with Crippen LogP contribution in [0.4, 0.5) is 0 Å². The Morgan fingerprint density at radius 1 is 1.14 bits per heavy atom. The fraction of sp³-hybridized carbons (Fsp3) is 0.273. The minimum Gasteiger partial charge on any atom is -0.484 e. The molecule has 144 valence electrons. The Morgan fingerprint density at radius 3 is 2.75 bits per heavy atom. The first-order chi connectivity index (χ1) is 13.6. The largest absolute Gasteiger partial charge is 0.484 e. The Kier molecular flexibility index (Phi) is 5.12. The van der Waals surface area contributed by atoms with Crippen molar-refractivity contribution in [3.63, 3.8) is 0 Å². The molecule has 6 nitrogen and oxygen atoms in total. The number of aliphatic hydroxyl groups is 1. The van der Waals surface area contributed by atoms with Crippen molar-refractivity contribution in [2.45, 2.75) is 25.4 Å². The van der Waals surface area contributed by atoms with Gasteiger partial charge in [-0.15, -0.1) is 0 Å². The molecule has 1 amide bonds. The van der Waals surface area contributed by atoms with Gasteiger partial charge in [-0.3, -0.25) is 4.79 Å². The second kappa shape index (κ2) is 7.86. The first-order valence-corrected chi connectivity index (χ1v) is 9.33. The van der Waals surface area contributed by atoms with Gasteiger partial charge in [-0.2, -0.15) is 0 Å². The smallest absolute Gasteiger partial charge is 0.339 e. The van der Waals surface area contributed by atoms with Crippen LogP contribution >= 0.6 is 0 Å². The molecule has 28 heavy (non-hydrogen) atoms. The molecule has 0 fully saturated rings. The number of hydrogen-bond acceptors (Lipinski definition) is 5. The summed E-state index contributed by atoms with van der Waals surface area (Å²) in [5.74, 6) is 0.109. The molecular weight excluding hydrogens is 358 g/mol. The molecule has 0 radical (unpaired) electrons. The van der Waals surface area contributed by atoms with Gasteiger partial charge in [-0.1, -0.05) is 30.3 Å². The summed E-state index contributed by atoms with van der Waals surface area (Å²) in [4.78, 5) is 24.1. The van der Waals surface area contributed by atoms with Gasteiger partial charge in [0, 0.05) is 23.6 Å². The van der Waals surface area contributed by atoms with E-state index in [9.17, 15) is 14.7 Å². The van der Waals surface area contributed by atoms with Crippen LogP contribution in [0.1, 0.15) is 29.2 Å². The minimum atomic E-state index is -0.776. The van der Waals surface area contributed by atoms with Crippen molar-refractivity contribution in [2.24, 2.45) is 0 Å². The third kappa shape index (κ3) is 3.77. The van der Waals surface area contributed by atoms with Crippen molar-refractivity contribution in [3.05, 3.63) is 75.6 Å². The van der Waals surface area contributed by atoms with E-state index in [-0.39, 0.29) is 24.7 Å². The summed E-state index contributed by atoms with van der Waals surface area (Å²) >= 11 is 0. The quantitative estimate of drug-likeness (QED) is 0.643. The number of fused-ring (bicyclic) bond motifs is 3. The molecule has 1 atom stereocenters. The number of benzene rings is 2. The van der Waals surface area contributed by atoms with Crippen molar-refractivity contribution in [2.75, 3.05) is 13.2 Å². The lowest BCUT2D eigenvalue weighted by Gasteiger charge is -2.13. The maximum Gasteiger partial charge on any atom is 0.339 e. The summed E-state index contributed by atoms with van der Waals surface area (Å²) in [5.41, 5.74) is 2.76. The van der Waals surface area contributed by atoms with Crippen LogP contribution < -0.4 is 15.7 Å². The third-order valence-corrected chi connectivity index (χ3v) is 4.99. The highest BCUT2D eigenvalue weighted by molar-refractivity contribution is 5.83. The molecule has 0 saturated carbocycles. The van der Waals surface area contributed by atoms with Crippen LogP contribution in [0, 0.1) is 0 Å². The summed E-state index contributed by atoms with van der Waals surface area (Å²) in [7, 11) is 0. The first-order valence-electron chi connectivity index (χ1n) is 9.33. The van der Waals surface area contributed by atoms with Gasteiger partial charge < -0.3 is 19.6 Å². The molecule has 0 unspecified atom stereocenters. The molecule has 1 aromatic heterocycles. The highest BCUT2D eigenvalue weighted by Crippen LogP contribution is 2.29. The van der Waals surface area contributed by atoms with Crippen molar-refractivity contribution in [3.8, 4) is 5.75 Å². The predicted octanol–water partition coefficient (Wildman–Crippen LogP) is 2.51. The lowest BCUT2D eigenvalue weighted by molar-refractivity contribution is -0.123. The number of carbonyl (C=O) groups excluding carboxylic acids is 1. The number of aryl methyl sites for hydroxylation is 1. The van der Waals surface area contributed by atoms with Gasteiger partial charge in [-0.25, -0.2) is 4.79 Å². The molecule has 1 aliphatic rings. The van der Waals surface area contributed by atoms with Crippen LogP contribution in [0.2, 0.25) is 0 Å². The van der Waals surface area contributed by atoms with Gasteiger partial charge in [0.15, 0.2) is 6.61 Å². The minimum absolute atomic E-state index is 0.102. The summed E-state index contributed by atoms with van der Waals surface area (Å²) in [6, 6.07) is 14.4. The van der Waals surface area contributed by atoms with Crippen molar-refractivity contribution >= 4 is 16.9 Å². The maximum absolute atomic E-state index is 12.1. The predicted molar refractivity (Wildman–Crippen MR) is 104 cm³/mol. The number of ether oxygens (including phenoxy) is 1. The SMILES string of the molecule is O=C(COc1ccc2c3c(c(=O)oc2c1)CCC3)NC[C@H](O)c1ccccc1. The lowest BCUT2D eigenvalue weighted by Crippen LogP contribution is -2.32. The molecule has 0 aliphatic heterocycles. The highest BCUT2D eigenvalue weighted by Gasteiger charge is 2.19. The summed E-state index contributed by atoms with van der Waals surface area (Å²) < 4.78 is 10.9. The van der Waals surface area contributed by atoms with Crippen LogP contribution in [-0.4, -0.2) is 24.2 Å². The molecule has 6 heteroatoms. The van der Waals surface area contributed by atoms with E-state index < -0.39 is 6.10 Å². The van der Waals surface area contributed by atoms with Crippen LogP contribution in [0.25, 0.3) is 11.0 Å². The van der Waals surface area contributed by atoms with Crippen LogP contribution in [0.3, 0.4) is 0 Å². The zero-order valence-electron chi connectivity index (χ0n) is 15.3. The number of amides is 1. The van der Waals surface area contributed by atoms with Gasteiger partial charge in [0.1, 0.15) is 11.3 Å². The Bertz CT molecular complexity index is 1060. The average Bonchev–Trinajstić information content (AvgIpc) is 3.22. The number of aliphatic hydroxyl groups excluding tert-OH is 1. The van der Waals surface area contributed by atoms with Crippen molar-refractivity contribution < 1.29 is 19.1 Å². The monoisotopic (exact) mass is 379 g/mol. The highest BCUT2D eigenvalue weighted by atomic mass is 16.5. The van der Waals surface area contributed by atoms with E-state index in [0.717, 1.165) is 41.3 Å². The van der Waals surface area contributed by atoms with E-state index in [0.29, 0.717) is 11.3 Å². The van der Waals surface area contributed by atoms with E-state index >= 15 is 0 Å². The van der Waals surface area contributed by atoms with Crippen LogP contribution in [0.15, 0.2) is 57.7 Å². The van der Waals surface area contributed by atoms with Gasteiger partial charge in [-0.05, 0) is 42.5 Å². The molecule has 0 saturated heterocycles. The fourth-order valence-electron chi connectivity index (χ4n) is 3.56. The summed E-state index contributed by atoms with van der Waals surface area (Å²) in [5, 5.41) is 13.6. The van der Waals surface area contributed by atoms with E-state index in [1.165, 1.54) is 0 Å². The zero-order valence-corrected chi connectivity index (χ0v) is 15.3. The van der Waals surface area contributed by atoms with E-state index in [1.54, 1.807) is 24.3 Å². The van der Waals surface area contributed by atoms with Crippen LogP contribution in [0.5, 0.6) is 5.75 Å². The topological polar surface area (TPSA) is 88.8 Å². The number of rotatable bonds is 6. The second-order valence-electron chi connectivity index (χ2n) is 6.88. The maximum atomic E-state index is 12.1. The molecule has 4 rings (SSSR count). The normalized spacial score (nSPS) is 13.9. The molecule has 2 aromatic carbocycles. The summed E-state index contributed by atoms with van der Waals surface area (Å²) in [6.45, 7) is -0.0902. The average molecular weight is 379 g/mol. The Labute approximate surface area is 161 Å². The first kappa shape index (κ1) is 18.3. The fourth-order valence-corrected chi connectivity index (χ4v) is 3.56. The van der Waals surface area contributed by atoms with E-state index in [4.69, 9.17) is 9.15 Å². The Morgan fingerprint density at radius 2 is 1.93 bits per heavy atom. The van der Waals surface area contributed by atoms with Crippen molar-refractivity contribution in [1.29, 1.82) is 0 Å². The number of hydrogen-bond donors (Lipinski definition) is 2. The molecule has 0 bridgehead atoms. The van der Waals surface area contributed by atoms with E-state index in [2.05, 4.69) is 5.32 Å². The van der Waals surface area contributed by atoms with Crippen molar-refractivity contribution in [1.82, 2.24) is 5.32 Å². The molecule has 3 aromatic rings. The van der Waals surface area contributed by atoms with Gasteiger partial charge in [0.05, 0.1) is 6.10 Å². The zero-order chi connectivity index (χ0) is 19.5. The number of nitrogens with one attached hydrogen (secondary N) is 1. The number of carbonyl (C=O) groups is 1. The lowest BCUT2D eigenvalue weighted by atomic mass is 10.1. The Hall–Kier alpha value is -3.12. The second-order valence-corrected chi connectivity index (χ2v) is 6.88. The van der Waals surface area contributed by atoms with E-state index in [1.807, 2.05) is 24.3 Å². The Balaban J connectivity index is 1.37. The molecular formula is C22H21NO5. The van der Waals surface area contributed by atoms with Gasteiger partial charge >= 0.3 is 5.63 Å². The summed E-state index contributed by atoms with van der Waals surface area (Å²) in [6.07, 6.45) is 1.83.